The van der Waals surface area contributed by atoms with Gasteiger partial charge in [-0.15, -0.1) is 0 Å². The Balaban J connectivity index is 1.77. The maximum Gasteiger partial charge on any atom is 0.276 e. The minimum atomic E-state index is -0.435. The van der Waals surface area contributed by atoms with E-state index in [1.54, 1.807) is 24.3 Å². The average molecular weight is 430 g/mol. The molecule has 3 N–H and O–H groups in total. The van der Waals surface area contributed by atoms with Crippen LogP contribution in [0.25, 0.3) is 0 Å². The Morgan fingerprint density at radius 2 is 1.80 bits per heavy atom. The van der Waals surface area contributed by atoms with Crippen LogP contribution in [0.15, 0.2) is 42.5 Å². The molecule has 8 heteroatoms. The molecule has 2 amide bonds. The fourth-order valence-corrected chi connectivity index (χ4v) is 2.61. The zero-order valence-electron chi connectivity index (χ0n) is 17.6. The van der Waals surface area contributed by atoms with Gasteiger partial charge in [-0.2, -0.15) is 0 Å². The second-order valence-corrected chi connectivity index (χ2v) is 7.65. The quantitative estimate of drug-likeness (QED) is 0.463. The molecule has 0 spiro atoms. The first kappa shape index (κ1) is 23.2. The summed E-state index contributed by atoms with van der Waals surface area (Å²) in [6, 6.07) is 12.5. The molecule has 2 aromatic carbocycles. The van der Waals surface area contributed by atoms with Crippen LogP contribution in [0.2, 0.25) is 0 Å². The van der Waals surface area contributed by atoms with Gasteiger partial charge >= 0.3 is 0 Å². The third kappa shape index (κ3) is 7.71. The lowest BCUT2D eigenvalue weighted by molar-refractivity contribution is -0.123. The van der Waals surface area contributed by atoms with Crippen LogP contribution in [0.5, 0.6) is 11.5 Å². The Labute approximate surface area is 182 Å². The summed E-state index contributed by atoms with van der Waals surface area (Å²) < 4.78 is 11.1. The number of rotatable bonds is 7. The maximum atomic E-state index is 12.3. The molecule has 2 rings (SSSR count). The van der Waals surface area contributed by atoms with Crippen molar-refractivity contribution in [1.82, 2.24) is 16.2 Å². The van der Waals surface area contributed by atoms with E-state index in [1.807, 2.05) is 45.9 Å². The molecule has 0 aliphatic heterocycles. The standard InChI is InChI=1S/C22H27N3O4S/c1-14(2)12-28-18-7-5-6-17(11-18)21(27)23-22(30)25-24-20(26)13-29-19-9-8-15(3)10-16(19)4/h5-11,14H,12-13H2,1-4H3,(H,24,26)(H2,23,25,27,30). The van der Waals surface area contributed by atoms with Crippen molar-refractivity contribution in [3.8, 4) is 11.5 Å². The van der Waals surface area contributed by atoms with Crippen molar-refractivity contribution >= 4 is 29.1 Å². The number of hydrogen-bond acceptors (Lipinski definition) is 5. The highest BCUT2D eigenvalue weighted by Gasteiger charge is 2.10. The molecule has 0 aromatic heterocycles. The van der Waals surface area contributed by atoms with Crippen molar-refractivity contribution in [3.05, 3.63) is 59.2 Å². The van der Waals surface area contributed by atoms with E-state index < -0.39 is 11.8 Å². The molecule has 0 saturated carbocycles. The Hall–Kier alpha value is -3.13. The van der Waals surface area contributed by atoms with E-state index in [4.69, 9.17) is 21.7 Å². The number of hydrazine groups is 1. The van der Waals surface area contributed by atoms with E-state index in [2.05, 4.69) is 16.2 Å². The summed E-state index contributed by atoms with van der Waals surface area (Å²) in [7, 11) is 0. The minimum absolute atomic E-state index is 0.0339. The van der Waals surface area contributed by atoms with Crippen molar-refractivity contribution in [2.24, 2.45) is 5.92 Å². The van der Waals surface area contributed by atoms with Crippen LogP contribution in [-0.2, 0) is 4.79 Å². The number of aryl methyl sites for hydroxylation is 2. The molecule has 0 fully saturated rings. The number of hydrogen-bond donors (Lipinski definition) is 3. The van der Waals surface area contributed by atoms with Crippen molar-refractivity contribution < 1.29 is 19.1 Å². The summed E-state index contributed by atoms with van der Waals surface area (Å²) in [6.07, 6.45) is 0. The zero-order valence-corrected chi connectivity index (χ0v) is 18.4. The summed E-state index contributed by atoms with van der Waals surface area (Å²) in [5.41, 5.74) is 7.33. The number of amides is 2. The van der Waals surface area contributed by atoms with Gasteiger partial charge in [0.15, 0.2) is 11.7 Å². The van der Waals surface area contributed by atoms with Crippen LogP contribution in [0.3, 0.4) is 0 Å². The average Bonchev–Trinajstić information content (AvgIpc) is 2.70. The second-order valence-electron chi connectivity index (χ2n) is 7.25. The summed E-state index contributed by atoms with van der Waals surface area (Å²) >= 11 is 5.05. The van der Waals surface area contributed by atoms with Gasteiger partial charge in [0.1, 0.15) is 11.5 Å². The van der Waals surface area contributed by atoms with Crippen molar-refractivity contribution in [3.63, 3.8) is 0 Å². The van der Waals surface area contributed by atoms with Crippen molar-refractivity contribution in [2.45, 2.75) is 27.7 Å². The highest BCUT2D eigenvalue weighted by atomic mass is 32.1. The first-order chi connectivity index (χ1) is 14.2. The van der Waals surface area contributed by atoms with Gasteiger partial charge in [0.05, 0.1) is 6.61 Å². The Morgan fingerprint density at radius 1 is 1.03 bits per heavy atom. The number of nitrogens with one attached hydrogen (secondary N) is 3. The molecular weight excluding hydrogens is 402 g/mol. The summed E-state index contributed by atoms with van der Waals surface area (Å²) in [5.74, 6) is 0.763. The fraction of sp³-hybridized carbons (Fsp3) is 0.318. The first-order valence-corrected chi connectivity index (χ1v) is 9.98. The van der Waals surface area contributed by atoms with Crippen LogP contribution in [-0.4, -0.2) is 30.1 Å². The molecule has 0 heterocycles. The minimum Gasteiger partial charge on any atom is -0.493 e. The number of thiocarbonyl (C=S) groups is 1. The molecule has 0 aliphatic rings. The topological polar surface area (TPSA) is 88.7 Å². The van der Waals surface area contributed by atoms with E-state index in [1.165, 1.54) is 0 Å². The monoisotopic (exact) mass is 429 g/mol. The van der Waals surface area contributed by atoms with Gasteiger partial charge in [0.25, 0.3) is 11.8 Å². The molecule has 0 aliphatic carbocycles. The summed E-state index contributed by atoms with van der Waals surface area (Å²) in [6.45, 7) is 8.34. The Morgan fingerprint density at radius 3 is 2.50 bits per heavy atom. The van der Waals surface area contributed by atoms with E-state index in [9.17, 15) is 9.59 Å². The largest absolute Gasteiger partial charge is 0.493 e. The predicted molar refractivity (Wildman–Crippen MR) is 120 cm³/mol. The molecule has 30 heavy (non-hydrogen) atoms. The van der Waals surface area contributed by atoms with E-state index in [-0.39, 0.29) is 11.7 Å². The second kappa shape index (κ2) is 11.2. The van der Waals surface area contributed by atoms with Gasteiger partial charge in [-0.05, 0) is 61.8 Å². The molecule has 7 nitrogen and oxygen atoms in total. The molecule has 2 aromatic rings. The van der Waals surface area contributed by atoms with Gasteiger partial charge in [0, 0.05) is 5.56 Å². The number of ether oxygens (including phenoxy) is 2. The summed E-state index contributed by atoms with van der Waals surface area (Å²) in [4.78, 5) is 24.3. The van der Waals surface area contributed by atoms with Crippen LogP contribution < -0.4 is 25.6 Å². The van der Waals surface area contributed by atoms with E-state index >= 15 is 0 Å². The molecule has 0 unspecified atom stereocenters. The lowest BCUT2D eigenvalue weighted by Crippen LogP contribution is -2.49. The number of carbonyl (C=O) groups excluding carboxylic acids is 2. The third-order valence-corrected chi connectivity index (χ3v) is 4.12. The molecule has 160 valence electrons. The van der Waals surface area contributed by atoms with Gasteiger partial charge in [0.2, 0.25) is 0 Å². The van der Waals surface area contributed by atoms with E-state index in [0.29, 0.717) is 29.6 Å². The SMILES string of the molecule is Cc1ccc(OCC(=O)NNC(=S)NC(=O)c2cccc(OCC(C)C)c2)c(C)c1. The van der Waals surface area contributed by atoms with Gasteiger partial charge in [-0.3, -0.25) is 25.8 Å². The molecule has 0 bridgehead atoms. The maximum absolute atomic E-state index is 12.3. The van der Waals surface area contributed by atoms with Gasteiger partial charge in [-0.1, -0.05) is 37.6 Å². The molecule has 0 radical (unpaired) electrons. The lowest BCUT2D eigenvalue weighted by atomic mass is 10.1. The highest BCUT2D eigenvalue weighted by molar-refractivity contribution is 7.80. The Bertz CT molecular complexity index is 915. The van der Waals surface area contributed by atoms with Crippen LogP contribution in [0, 0.1) is 19.8 Å². The van der Waals surface area contributed by atoms with Gasteiger partial charge in [-0.25, -0.2) is 0 Å². The summed E-state index contributed by atoms with van der Waals surface area (Å²) in [5, 5.41) is 2.47. The highest BCUT2D eigenvalue weighted by Crippen LogP contribution is 2.18. The lowest BCUT2D eigenvalue weighted by Gasteiger charge is -2.13. The van der Waals surface area contributed by atoms with Gasteiger partial charge < -0.3 is 9.47 Å². The van der Waals surface area contributed by atoms with E-state index in [0.717, 1.165) is 11.1 Å². The van der Waals surface area contributed by atoms with Crippen LogP contribution >= 0.6 is 12.2 Å². The number of benzene rings is 2. The Kier molecular flexibility index (Phi) is 8.61. The number of carbonyl (C=O) groups is 2. The molecular formula is C22H27N3O4S. The predicted octanol–water partition coefficient (Wildman–Crippen LogP) is 3.05. The third-order valence-electron chi connectivity index (χ3n) is 3.91. The normalized spacial score (nSPS) is 10.3. The van der Waals surface area contributed by atoms with Crippen molar-refractivity contribution in [1.29, 1.82) is 0 Å². The van der Waals surface area contributed by atoms with Crippen molar-refractivity contribution in [2.75, 3.05) is 13.2 Å². The molecule has 0 saturated heterocycles. The van der Waals surface area contributed by atoms with Crippen LogP contribution in [0.4, 0.5) is 0 Å². The molecule has 0 atom stereocenters. The smallest absolute Gasteiger partial charge is 0.276 e. The zero-order chi connectivity index (χ0) is 22.1. The van der Waals surface area contributed by atoms with Crippen LogP contribution in [0.1, 0.15) is 35.3 Å². The fourth-order valence-electron chi connectivity index (χ4n) is 2.46. The first-order valence-electron chi connectivity index (χ1n) is 9.57.